The maximum Gasteiger partial charge on any atom is 0.316 e. The largest absolute Gasteiger partial charge is 0.468 e. The van der Waals surface area contributed by atoms with E-state index in [0.717, 1.165) is 27.3 Å². The number of aryl methyl sites for hydroxylation is 3. The molecule has 0 aliphatic rings. The zero-order valence-electron chi connectivity index (χ0n) is 15.4. The van der Waals surface area contributed by atoms with E-state index in [0.29, 0.717) is 15.4 Å². The van der Waals surface area contributed by atoms with E-state index < -0.39 is 0 Å². The molecule has 7 heteroatoms. The lowest BCUT2D eigenvalue weighted by Crippen LogP contribution is -2.23. The molecule has 5 nitrogen and oxygen atoms in total. The van der Waals surface area contributed by atoms with E-state index in [1.54, 1.807) is 4.57 Å². The van der Waals surface area contributed by atoms with Crippen LogP contribution in [0.1, 0.15) is 21.6 Å². The van der Waals surface area contributed by atoms with E-state index in [9.17, 15) is 9.59 Å². The van der Waals surface area contributed by atoms with Crippen molar-refractivity contribution < 1.29 is 9.53 Å². The third-order valence-corrected chi connectivity index (χ3v) is 6.55. The number of carbonyl (C=O) groups excluding carboxylic acids is 1. The molecular formula is C19H20N2O3S2. The molecule has 0 spiro atoms. The quantitative estimate of drug-likeness (QED) is 0.385. The van der Waals surface area contributed by atoms with Crippen LogP contribution in [0.3, 0.4) is 0 Å². The fraction of sp³-hybridized carbons (Fsp3) is 0.316. The van der Waals surface area contributed by atoms with E-state index in [-0.39, 0.29) is 17.3 Å². The first-order valence-electron chi connectivity index (χ1n) is 8.14. The number of thiophene rings is 1. The molecule has 0 saturated heterocycles. The number of esters is 1. The normalized spacial score (nSPS) is 11.1. The molecule has 0 fully saturated rings. The molecule has 0 N–H and O–H groups in total. The van der Waals surface area contributed by atoms with E-state index in [2.05, 4.69) is 0 Å². The number of thioether (sulfide) groups is 1. The highest BCUT2D eigenvalue weighted by atomic mass is 32.2. The van der Waals surface area contributed by atoms with Gasteiger partial charge in [0.2, 0.25) is 0 Å². The standard InChI is InChI=1S/C19H20N2O3S2/c1-10-7-6-8-14(11(10)2)21-18(23)16-12(3)13(4)26-17(16)20-19(21)25-9-15(22)24-5/h6-8H,9H2,1-5H3. The summed E-state index contributed by atoms with van der Waals surface area (Å²) in [6, 6.07) is 5.85. The van der Waals surface area contributed by atoms with Crippen molar-refractivity contribution in [3.05, 3.63) is 50.1 Å². The van der Waals surface area contributed by atoms with Gasteiger partial charge in [0, 0.05) is 4.88 Å². The SMILES string of the molecule is COC(=O)CSc1nc2sc(C)c(C)c2c(=O)n1-c1cccc(C)c1C. The van der Waals surface area contributed by atoms with Crippen LogP contribution in [-0.2, 0) is 9.53 Å². The highest BCUT2D eigenvalue weighted by Gasteiger charge is 2.20. The highest BCUT2D eigenvalue weighted by Crippen LogP contribution is 2.30. The van der Waals surface area contributed by atoms with Gasteiger partial charge in [-0.3, -0.25) is 14.2 Å². The summed E-state index contributed by atoms with van der Waals surface area (Å²) in [4.78, 5) is 31.5. The Labute approximate surface area is 160 Å². The lowest BCUT2D eigenvalue weighted by atomic mass is 10.1. The predicted molar refractivity (Wildman–Crippen MR) is 107 cm³/mol. The van der Waals surface area contributed by atoms with Crippen molar-refractivity contribution in [3.8, 4) is 5.69 Å². The summed E-state index contributed by atoms with van der Waals surface area (Å²) >= 11 is 2.72. The van der Waals surface area contributed by atoms with Gasteiger partial charge in [-0.05, 0) is 50.5 Å². The predicted octanol–water partition coefficient (Wildman–Crippen LogP) is 3.95. The monoisotopic (exact) mass is 388 g/mol. The second-order valence-electron chi connectivity index (χ2n) is 6.08. The van der Waals surface area contributed by atoms with E-state index in [4.69, 9.17) is 9.72 Å². The van der Waals surface area contributed by atoms with Crippen LogP contribution < -0.4 is 5.56 Å². The van der Waals surface area contributed by atoms with Crippen LogP contribution in [0, 0.1) is 27.7 Å². The topological polar surface area (TPSA) is 61.2 Å². The molecule has 2 heterocycles. The first-order valence-corrected chi connectivity index (χ1v) is 9.94. The summed E-state index contributed by atoms with van der Waals surface area (Å²) in [7, 11) is 1.35. The third kappa shape index (κ3) is 3.17. The van der Waals surface area contributed by atoms with Gasteiger partial charge in [-0.2, -0.15) is 0 Å². The van der Waals surface area contributed by atoms with Gasteiger partial charge in [0.1, 0.15) is 4.83 Å². The van der Waals surface area contributed by atoms with Gasteiger partial charge in [0.25, 0.3) is 5.56 Å². The Morgan fingerprint density at radius 3 is 2.65 bits per heavy atom. The summed E-state index contributed by atoms with van der Waals surface area (Å²) in [6.45, 7) is 7.94. The Morgan fingerprint density at radius 2 is 1.96 bits per heavy atom. The summed E-state index contributed by atoms with van der Waals surface area (Å²) in [6.07, 6.45) is 0. The van der Waals surface area contributed by atoms with Crippen molar-refractivity contribution in [2.24, 2.45) is 0 Å². The molecule has 3 aromatic rings. The van der Waals surface area contributed by atoms with Crippen molar-refractivity contribution in [2.75, 3.05) is 12.9 Å². The van der Waals surface area contributed by atoms with Gasteiger partial charge >= 0.3 is 5.97 Å². The average Bonchev–Trinajstić information content (AvgIpc) is 2.90. The lowest BCUT2D eigenvalue weighted by Gasteiger charge is -2.15. The van der Waals surface area contributed by atoms with Crippen molar-refractivity contribution in [2.45, 2.75) is 32.9 Å². The van der Waals surface area contributed by atoms with Crippen molar-refractivity contribution in [1.82, 2.24) is 9.55 Å². The first-order chi connectivity index (χ1) is 12.3. The number of benzene rings is 1. The number of ether oxygens (including phenoxy) is 1. The van der Waals surface area contributed by atoms with Crippen LogP contribution in [0.2, 0.25) is 0 Å². The molecule has 0 atom stereocenters. The number of methoxy groups -OCH3 is 1. The molecule has 2 aromatic heterocycles. The van der Waals surface area contributed by atoms with Gasteiger partial charge in [-0.15, -0.1) is 11.3 Å². The molecule has 0 bridgehead atoms. The molecule has 0 aliphatic heterocycles. The van der Waals surface area contributed by atoms with E-state index in [1.165, 1.54) is 30.2 Å². The Kier molecular flexibility index (Phi) is 5.20. The molecule has 0 unspecified atom stereocenters. The van der Waals surface area contributed by atoms with Crippen molar-refractivity contribution in [1.29, 1.82) is 0 Å². The van der Waals surface area contributed by atoms with Crippen LogP contribution >= 0.6 is 23.1 Å². The average molecular weight is 389 g/mol. The van der Waals surface area contributed by atoms with Crippen LogP contribution in [0.5, 0.6) is 0 Å². The maximum atomic E-state index is 13.4. The van der Waals surface area contributed by atoms with Crippen LogP contribution in [0.15, 0.2) is 28.2 Å². The van der Waals surface area contributed by atoms with Crippen LogP contribution in [0.25, 0.3) is 15.9 Å². The number of aromatic nitrogens is 2. The number of rotatable bonds is 4. The van der Waals surface area contributed by atoms with Crippen molar-refractivity contribution in [3.63, 3.8) is 0 Å². The molecule has 1 aromatic carbocycles. The van der Waals surface area contributed by atoms with Crippen molar-refractivity contribution >= 4 is 39.3 Å². The second kappa shape index (κ2) is 7.25. The Hall–Kier alpha value is -2.12. The van der Waals surface area contributed by atoms with Gasteiger partial charge < -0.3 is 4.74 Å². The van der Waals surface area contributed by atoms with Gasteiger partial charge in [0.05, 0.1) is 23.9 Å². The minimum absolute atomic E-state index is 0.0992. The Morgan fingerprint density at radius 1 is 1.23 bits per heavy atom. The molecular weight excluding hydrogens is 368 g/mol. The Bertz CT molecular complexity index is 1070. The summed E-state index contributed by atoms with van der Waals surface area (Å²) in [5, 5.41) is 1.15. The zero-order valence-corrected chi connectivity index (χ0v) is 17.0. The molecule has 0 aliphatic carbocycles. The lowest BCUT2D eigenvalue weighted by molar-refractivity contribution is -0.137. The van der Waals surface area contributed by atoms with Gasteiger partial charge in [-0.1, -0.05) is 23.9 Å². The molecule has 136 valence electrons. The van der Waals surface area contributed by atoms with Gasteiger partial charge in [0.15, 0.2) is 5.16 Å². The Balaban J connectivity index is 2.31. The minimum atomic E-state index is -0.351. The molecule has 3 rings (SSSR count). The number of carbonyl (C=O) groups is 1. The summed E-state index contributed by atoms with van der Waals surface area (Å²) < 4.78 is 6.35. The second-order valence-corrected chi connectivity index (χ2v) is 8.23. The number of nitrogens with zero attached hydrogens (tertiary/aromatic N) is 2. The smallest absolute Gasteiger partial charge is 0.316 e. The third-order valence-electron chi connectivity index (χ3n) is 4.54. The molecule has 0 radical (unpaired) electrons. The van der Waals surface area contributed by atoms with E-state index >= 15 is 0 Å². The van der Waals surface area contributed by atoms with Crippen LogP contribution in [-0.4, -0.2) is 28.4 Å². The first kappa shape index (κ1) is 18.7. The number of hydrogen-bond donors (Lipinski definition) is 0. The molecule has 0 amide bonds. The maximum absolute atomic E-state index is 13.4. The summed E-state index contributed by atoms with van der Waals surface area (Å²) in [5.41, 5.74) is 3.76. The highest BCUT2D eigenvalue weighted by molar-refractivity contribution is 7.99. The fourth-order valence-electron chi connectivity index (χ4n) is 2.74. The van der Waals surface area contributed by atoms with Crippen LogP contribution in [0.4, 0.5) is 0 Å². The van der Waals surface area contributed by atoms with Gasteiger partial charge in [-0.25, -0.2) is 4.98 Å². The molecule has 0 saturated carbocycles. The van der Waals surface area contributed by atoms with E-state index in [1.807, 2.05) is 45.9 Å². The number of hydrogen-bond acceptors (Lipinski definition) is 6. The molecule has 26 heavy (non-hydrogen) atoms. The fourth-order valence-corrected chi connectivity index (χ4v) is 4.65. The zero-order chi connectivity index (χ0) is 19.0. The summed E-state index contributed by atoms with van der Waals surface area (Å²) in [5.74, 6) is -0.252. The minimum Gasteiger partial charge on any atom is -0.468 e. The number of fused-ring (bicyclic) bond motifs is 1.